The molecule has 0 bridgehead atoms. The fourth-order valence-electron chi connectivity index (χ4n) is 2.77. The Bertz CT molecular complexity index is 604. The van der Waals surface area contributed by atoms with Crippen LogP contribution in [0.15, 0.2) is 48.5 Å². The Kier molecular flexibility index (Phi) is 4.35. The fourth-order valence-corrected chi connectivity index (χ4v) is 2.77. The summed E-state index contributed by atoms with van der Waals surface area (Å²) in [4.78, 5) is 0. The van der Waals surface area contributed by atoms with Gasteiger partial charge in [0.1, 0.15) is 5.82 Å². The molecule has 21 heavy (non-hydrogen) atoms. The van der Waals surface area contributed by atoms with E-state index in [2.05, 4.69) is 36.5 Å². The Balaban J connectivity index is 1.79. The minimum absolute atomic E-state index is 0.145. The summed E-state index contributed by atoms with van der Waals surface area (Å²) in [6.45, 7) is 3.06. The van der Waals surface area contributed by atoms with E-state index >= 15 is 0 Å². The van der Waals surface area contributed by atoms with E-state index in [-0.39, 0.29) is 5.82 Å². The highest BCUT2D eigenvalue weighted by molar-refractivity contribution is 5.30. The second kappa shape index (κ2) is 6.40. The third kappa shape index (κ3) is 3.92. The van der Waals surface area contributed by atoms with Crippen LogP contribution in [0.3, 0.4) is 0 Å². The van der Waals surface area contributed by atoms with E-state index in [1.807, 2.05) is 12.1 Å². The second-order valence-corrected chi connectivity index (χ2v) is 6.07. The molecule has 1 nitrogen and oxygen atoms in total. The lowest BCUT2D eigenvalue weighted by atomic mass is 9.90. The van der Waals surface area contributed by atoms with Crippen molar-refractivity contribution in [1.82, 2.24) is 5.32 Å². The van der Waals surface area contributed by atoms with Crippen molar-refractivity contribution in [3.8, 4) is 0 Å². The monoisotopic (exact) mass is 283 g/mol. The van der Waals surface area contributed by atoms with Crippen LogP contribution < -0.4 is 5.32 Å². The summed E-state index contributed by atoms with van der Waals surface area (Å²) in [5, 5.41) is 3.59. The van der Waals surface area contributed by atoms with Crippen LogP contribution in [0.25, 0.3) is 0 Å². The normalized spacial score (nSPS) is 15.9. The standard InChI is InChI=1S/C19H22FN/c1-14-5-2-3-6-15(14)11-17(13-21-19-9-10-19)16-7-4-8-18(20)12-16/h2-8,12,17,19,21H,9-11,13H2,1H3. The lowest BCUT2D eigenvalue weighted by molar-refractivity contribution is 0.568. The molecule has 0 spiro atoms. The van der Waals surface area contributed by atoms with Gasteiger partial charge in [-0.15, -0.1) is 0 Å². The van der Waals surface area contributed by atoms with E-state index in [1.165, 1.54) is 30.0 Å². The first-order chi connectivity index (χ1) is 10.2. The van der Waals surface area contributed by atoms with E-state index in [1.54, 1.807) is 6.07 Å². The summed E-state index contributed by atoms with van der Waals surface area (Å²) in [6.07, 6.45) is 3.51. The molecule has 0 aromatic heterocycles. The minimum atomic E-state index is -0.145. The van der Waals surface area contributed by atoms with Crippen LogP contribution in [0.2, 0.25) is 0 Å². The molecule has 0 saturated heterocycles. The van der Waals surface area contributed by atoms with Gasteiger partial charge in [-0.1, -0.05) is 36.4 Å². The summed E-state index contributed by atoms with van der Waals surface area (Å²) < 4.78 is 13.5. The van der Waals surface area contributed by atoms with Crippen molar-refractivity contribution < 1.29 is 4.39 Å². The van der Waals surface area contributed by atoms with Gasteiger partial charge in [0.2, 0.25) is 0 Å². The molecule has 0 radical (unpaired) electrons. The Labute approximate surface area is 126 Å². The van der Waals surface area contributed by atoms with Gasteiger partial charge in [0, 0.05) is 18.5 Å². The van der Waals surface area contributed by atoms with Gasteiger partial charge >= 0.3 is 0 Å². The van der Waals surface area contributed by atoms with Crippen LogP contribution in [-0.2, 0) is 6.42 Å². The Hall–Kier alpha value is -1.67. The molecule has 1 aliphatic carbocycles. The molecular formula is C19H22FN. The highest BCUT2D eigenvalue weighted by Crippen LogP contribution is 2.25. The van der Waals surface area contributed by atoms with Crippen molar-refractivity contribution in [2.45, 2.75) is 38.1 Å². The molecule has 2 aromatic carbocycles. The molecule has 0 aliphatic heterocycles. The van der Waals surface area contributed by atoms with Crippen LogP contribution in [0.5, 0.6) is 0 Å². The van der Waals surface area contributed by atoms with E-state index in [0.717, 1.165) is 18.5 Å². The first kappa shape index (κ1) is 14.3. The summed E-state index contributed by atoms with van der Waals surface area (Å²) in [5.41, 5.74) is 3.75. The third-order valence-corrected chi connectivity index (χ3v) is 4.28. The van der Waals surface area contributed by atoms with Crippen molar-refractivity contribution in [2.75, 3.05) is 6.54 Å². The molecule has 0 amide bonds. The van der Waals surface area contributed by atoms with Gasteiger partial charge in [0.05, 0.1) is 0 Å². The Morgan fingerprint density at radius 3 is 2.67 bits per heavy atom. The highest BCUT2D eigenvalue weighted by atomic mass is 19.1. The molecule has 1 saturated carbocycles. The largest absolute Gasteiger partial charge is 0.313 e. The zero-order valence-electron chi connectivity index (χ0n) is 12.5. The topological polar surface area (TPSA) is 12.0 Å². The van der Waals surface area contributed by atoms with Gasteiger partial charge in [-0.3, -0.25) is 0 Å². The SMILES string of the molecule is Cc1ccccc1CC(CNC1CC1)c1cccc(F)c1. The molecule has 1 aliphatic rings. The first-order valence-electron chi connectivity index (χ1n) is 7.76. The Morgan fingerprint density at radius 1 is 1.14 bits per heavy atom. The maximum absolute atomic E-state index is 13.5. The van der Waals surface area contributed by atoms with Gasteiger partial charge in [-0.2, -0.15) is 0 Å². The third-order valence-electron chi connectivity index (χ3n) is 4.28. The quantitative estimate of drug-likeness (QED) is 0.837. The van der Waals surface area contributed by atoms with E-state index < -0.39 is 0 Å². The number of hydrogen-bond acceptors (Lipinski definition) is 1. The van der Waals surface area contributed by atoms with Crippen molar-refractivity contribution in [3.05, 3.63) is 71.0 Å². The first-order valence-corrected chi connectivity index (χ1v) is 7.76. The molecule has 0 heterocycles. The number of hydrogen-bond donors (Lipinski definition) is 1. The van der Waals surface area contributed by atoms with Crippen molar-refractivity contribution >= 4 is 0 Å². The van der Waals surface area contributed by atoms with E-state index in [4.69, 9.17) is 0 Å². The van der Waals surface area contributed by atoms with Crippen LogP contribution in [0.4, 0.5) is 4.39 Å². The predicted octanol–water partition coefficient (Wildman–Crippen LogP) is 4.21. The van der Waals surface area contributed by atoms with Crippen molar-refractivity contribution in [3.63, 3.8) is 0 Å². The molecule has 2 heteroatoms. The van der Waals surface area contributed by atoms with Gasteiger partial charge in [0.25, 0.3) is 0 Å². The molecule has 1 N–H and O–H groups in total. The second-order valence-electron chi connectivity index (χ2n) is 6.07. The van der Waals surface area contributed by atoms with Crippen LogP contribution >= 0.6 is 0 Å². The highest BCUT2D eigenvalue weighted by Gasteiger charge is 2.23. The van der Waals surface area contributed by atoms with Gasteiger partial charge in [0.15, 0.2) is 0 Å². The van der Waals surface area contributed by atoms with Crippen molar-refractivity contribution in [2.24, 2.45) is 0 Å². The summed E-state index contributed by atoms with van der Waals surface area (Å²) in [7, 11) is 0. The number of aryl methyl sites for hydroxylation is 1. The zero-order chi connectivity index (χ0) is 14.7. The smallest absolute Gasteiger partial charge is 0.123 e. The molecular weight excluding hydrogens is 261 g/mol. The summed E-state index contributed by atoms with van der Waals surface area (Å²) in [5.74, 6) is 0.177. The van der Waals surface area contributed by atoms with Crippen LogP contribution in [-0.4, -0.2) is 12.6 Å². The molecule has 1 fully saturated rings. The van der Waals surface area contributed by atoms with Crippen molar-refractivity contribution in [1.29, 1.82) is 0 Å². The van der Waals surface area contributed by atoms with E-state index in [9.17, 15) is 4.39 Å². The summed E-state index contributed by atoms with van der Waals surface area (Å²) >= 11 is 0. The van der Waals surface area contributed by atoms with Gasteiger partial charge in [-0.25, -0.2) is 4.39 Å². The maximum Gasteiger partial charge on any atom is 0.123 e. The molecule has 2 aromatic rings. The van der Waals surface area contributed by atoms with Gasteiger partial charge in [-0.05, 0) is 55.0 Å². The summed E-state index contributed by atoms with van der Waals surface area (Å²) in [6, 6.07) is 16.2. The average Bonchev–Trinajstić information content (AvgIpc) is 3.29. The molecule has 110 valence electrons. The van der Waals surface area contributed by atoms with Crippen LogP contribution in [0, 0.1) is 12.7 Å². The average molecular weight is 283 g/mol. The maximum atomic E-state index is 13.5. The molecule has 1 atom stereocenters. The number of nitrogens with one attached hydrogen (secondary N) is 1. The number of rotatable bonds is 6. The fraction of sp³-hybridized carbons (Fsp3) is 0.368. The van der Waals surface area contributed by atoms with Crippen LogP contribution in [0.1, 0.15) is 35.4 Å². The number of benzene rings is 2. The number of halogens is 1. The minimum Gasteiger partial charge on any atom is -0.313 e. The predicted molar refractivity (Wildman–Crippen MR) is 85.0 cm³/mol. The molecule has 3 rings (SSSR count). The zero-order valence-corrected chi connectivity index (χ0v) is 12.5. The van der Waals surface area contributed by atoms with Gasteiger partial charge < -0.3 is 5.32 Å². The lowest BCUT2D eigenvalue weighted by Gasteiger charge is -2.19. The van der Waals surface area contributed by atoms with E-state index in [0.29, 0.717) is 12.0 Å². The Morgan fingerprint density at radius 2 is 1.95 bits per heavy atom. The molecule has 1 unspecified atom stereocenters. The lowest BCUT2D eigenvalue weighted by Crippen LogP contribution is -2.25.